The smallest absolute Gasteiger partial charge is 0.217 e. The summed E-state index contributed by atoms with van der Waals surface area (Å²) in [6.45, 7) is -2.88. The van der Waals surface area contributed by atoms with Crippen LogP contribution in [0.3, 0.4) is 0 Å². The molecule has 0 spiro atoms. The number of hydrogen-bond acceptors (Lipinski definition) is 50. The Morgan fingerprint density at radius 3 is 0.852 bits per heavy atom. The molecule has 56 heteroatoms. The van der Waals surface area contributed by atoms with E-state index in [4.69, 9.17) is 90.0 Å². The third-order valence-corrected chi connectivity index (χ3v) is 23.2. The van der Waals surface area contributed by atoms with Crippen molar-refractivity contribution < 1.29 is 246 Å². The summed E-state index contributed by atoms with van der Waals surface area (Å²) in [6, 6.07) is -11.1. The van der Waals surface area contributed by atoms with Crippen LogP contribution in [0.2, 0.25) is 0 Å². The van der Waals surface area contributed by atoms with Gasteiger partial charge in [-0.05, 0) is 6.92 Å². The van der Waals surface area contributed by atoms with Gasteiger partial charge in [0.25, 0.3) is 0 Å². The molecule has 0 aliphatic carbocycles. The van der Waals surface area contributed by atoms with Gasteiger partial charge in [-0.2, -0.15) is 0 Å². The predicted octanol–water partition coefficient (Wildman–Crippen LogP) is -20.9. The summed E-state index contributed by atoms with van der Waals surface area (Å²) in [4.78, 5) is 76.8. The van der Waals surface area contributed by atoms with Gasteiger partial charge in [-0.15, -0.1) is 0 Å². The van der Waals surface area contributed by atoms with Crippen LogP contribution in [0.1, 0.15) is 48.5 Å². The van der Waals surface area contributed by atoms with Gasteiger partial charge < -0.3 is 250 Å². The Hall–Kier alpha value is -4.94. The molecule has 6 amide bonds. The first-order valence-electron chi connectivity index (χ1n) is 41.0. The van der Waals surface area contributed by atoms with E-state index in [9.17, 15) is 156 Å². The Labute approximate surface area is 726 Å². The number of nitrogens with one attached hydrogen (secondary N) is 6. The second-order valence-corrected chi connectivity index (χ2v) is 32.5. The van der Waals surface area contributed by atoms with Crippen molar-refractivity contribution in [1.82, 2.24) is 31.9 Å². The Kier molecular flexibility index (Phi) is 37.8. The molecular weight excluding hydrogens is 1750 g/mol. The van der Waals surface area contributed by atoms with Crippen LogP contribution in [0.25, 0.3) is 0 Å². The molecule has 31 N–H and O–H groups in total. The Balaban J connectivity index is 0.993. The molecular formula is C72H120N6O50. The fraction of sp³-hybridized carbons (Fsp3) is 0.917. The van der Waals surface area contributed by atoms with Crippen molar-refractivity contribution >= 4 is 35.4 Å². The van der Waals surface area contributed by atoms with E-state index < -0.39 is 402 Å². The molecule has 56 nitrogen and oxygen atoms in total. The molecule has 0 aromatic heterocycles. The zero-order valence-corrected chi connectivity index (χ0v) is 69.6. The lowest BCUT2D eigenvalue weighted by atomic mass is 9.93. The third kappa shape index (κ3) is 23.8. The summed E-state index contributed by atoms with van der Waals surface area (Å²) in [5.41, 5.74) is 0. The molecule has 0 aromatic rings. The van der Waals surface area contributed by atoms with E-state index in [1.165, 1.54) is 6.92 Å². The highest BCUT2D eigenvalue weighted by Gasteiger charge is 2.62. The number of aliphatic hydroxyl groups excluding tert-OH is 25. The number of hydrogen-bond donors (Lipinski definition) is 31. The van der Waals surface area contributed by atoms with Crippen molar-refractivity contribution in [1.29, 1.82) is 0 Å². The van der Waals surface area contributed by atoms with Crippen LogP contribution < -0.4 is 31.9 Å². The van der Waals surface area contributed by atoms with E-state index in [-0.39, 0.29) is 0 Å². The largest absolute Gasteiger partial charge is 0.394 e. The summed E-state index contributed by atoms with van der Waals surface area (Å²) < 4.78 is 114. The van der Waals surface area contributed by atoms with Crippen LogP contribution >= 0.6 is 0 Å². The van der Waals surface area contributed by atoms with Gasteiger partial charge in [-0.3, -0.25) is 28.8 Å². The van der Waals surface area contributed by atoms with Crippen molar-refractivity contribution in [3.8, 4) is 0 Å². The average molecular weight is 1870 g/mol. The summed E-state index contributed by atoms with van der Waals surface area (Å²) in [7, 11) is 0. The van der Waals surface area contributed by atoms with Crippen molar-refractivity contribution in [3.05, 3.63) is 0 Å². The van der Waals surface area contributed by atoms with Crippen LogP contribution in [-0.2, 0) is 119 Å². The first-order chi connectivity index (χ1) is 60.5. The molecule has 10 rings (SSSR count). The van der Waals surface area contributed by atoms with E-state index in [0.29, 0.717) is 0 Å². The number of carbonyl (C=O) groups is 6. The monoisotopic (exact) mass is 1870 g/mol. The number of rotatable bonds is 33. The fourth-order valence-corrected chi connectivity index (χ4v) is 16.6. The molecule has 0 saturated carbocycles. The fourth-order valence-electron chi connectivity index (χ4n) is 16.6. The van der Waals surface area contributed by atoms with Crippen LogP contribution in [0, 0.1) is 0 Å². The molecule has 0 bridgehead atoms. The molecule has 10 heterocycles. The van der Waals surface area contributed by atoms with Gasteiger partial charge >= 0.3 is 0 Å². The lowest BCUT2D eigenvalue weighted by molar-refractivity contribution is -0.398. The molecule has 10 aliphatic heterocycles. The second kappa shape index (κ2) is 46.1. The molecule has 10 fully saturated rings. The van der Waals surface area contributed by atoms with Gasteiger partial charge in [-0.25, -0.2) is 0 Å². The first kappa shape index (κ1) is 105. The van der Waals surface area contributed by atoms with E-state index in [1.807, 2.05) is 0 Å². The minimum Gasteiger partial charge on any atom is -0.394 e. The number of aliphatic hydroxyl groups is 25. The van der Waals surface area contributed by atoms with Crippen LogP contribution in [-0.4, -0.2) is 529 Å². The Bertz CT molecular complexity index is 3550. The summed E-state index contributed by atoms with van der Waals surface area (Å²) in [5.74, 6) is -5.41. The van der Waals surface area contributed by atoms with Gasteiger partial charge in [0.05, 0.1) is 65.6 Å². The normalized spacial score (nSPS) is 47.8. The number of ether oxygens (including phenoxy) is 19. The minimum absolute atomic E-state index is 0.812. The second-order valence-electron chi connectivity index (χ2n) is 32.5. The van der Waals surface area contributed by atoms with Crippen LogP contribution in [0.4, 0.5) is 0 Å². The Morgan fingerprint density at radius 2 is 0.484 bits per heavy atom. The zero-order chi connectivity index (χ0) is 94.4. The first-order valence-corrected chi connectivity index (χ1v) is 41.0. The minimum atomic E-state index is -2.64. The van der Waals surface area contributed by atoms with Crippen molar-refractivity contribution in [3.63, 3.8) is 0 Å². The van der Waals surface area contributed by atoms with Crippen molar-refractivity contribution in [2.24, 2.45) is 0 Å². The quantitative estimate of drug-likeness (QED) is 0.0290. The van der Waals surface area contributed by atoms with E-state index in [2.05, 4.69) is 31.9 Å². The highest BCUT2D eigenvalue weighted by Crippen LogP contribution is 2.41. The van der Waals surface area contributed by atoms with Crippen molar-refractivity contribution in [2.75, 3.05) is 59.5 Å². The number of carbonyl (C=O) groups excluding carboxylic acids is 6. The van der Waals surface area contributed by atoms with Gasteiger partial charge in [0.2, 0.25) is 35.4 Å². The molecule has 738 valence electrons. The highest BCUT2D eigenvalue weighted by atomic mass is 16.8. The molecule has 0 aromatic carbocycles. The topological polar surface area (TPSA) is 856 Å². The maximum absolute atomic E-state index is 13.3. The zero-order valence-electron chi connectivity index (χ0n) is 69.6. The molecule has 0 radical (unpaired) electrons. The van der Waals surface area contributed by atoms with Crippen LogP contribution in [0.5, 0.6) is 0 Å². The maximum atomic E-state index is 13.3. The van der Waals surface area contributed by atoms with Crippen LogP contribution in [0.15, 0.2) is 0 Å². The summed E-state index contributed by atoms with van der Waals surface area (Å²) in [6.07, 6.45) is -90.9. The van der Waals surface area contributed by atoms with Gasteiger partial charge in [0.15, 0.2) is 62.9 Å². The lowest BCUT2D eigenvalue weighted by Crippen LogP contribution is -2.71. The van der Waals surface area contributed by atoms with Gasteiger partial charge in [0, 0.05) is 41.5 Å². The standard InChI is InChI=1S/C72H120N6O50/c1-17-39(92)51(104)54(107)69(112-17)110-16-32-59(47(100)33(63(109)113-32)73-18(2)86)124-66-36(76-21(5)89)50(103)58(30(14-85)118-66)125-70-55(108)60(126-72-62(53(106)43(96)27(11-82)117-72)128-68-38(78-23(7)91)49(102)57(29(13-84)120-68)123-65-35(75-20(4)88)46(99)41(94)25(9-80)115-65)44(97)31(121-70)15-111-71-61(52(105)42(95)26(10-81)116-71)127-67-37(77-22(6)90)48(101)56(28(12-83)119-67)122-64-34(74-19(3)87)45(98)40(93)24(8-79)114-64/h17,24-72,79-85,92-109H,8-16H2,1-7H3,(H,73,86)(H,74,87)(H,75,88)(H,76,89)(H,77,90)(H,78,91)/t17-,24+,25+,26+,27+,28+,29+,30+,31+,32+,33+,34+,35+,36+,37+,38+,39+,40-,41-,42+,43+,44+,45+,46+,47+,48+,49+,50+,51+,52-,53-,54-,55-,56+,57+,58+,59+,60-,61-,62-,63+,64-,65-,66-,67-,68-,69?,70-,71-,72+/m0/s1. The van der Waals surface area contributed by atoms with Gasteiger partial charge in [-0.1, -0.05) is 0 Å². The molecule has 10 saturated heterocycles. The Morgan fingerprint density at radius 1 is 0.219 bits per heavy atom. The summed E-state index contributed by atoms with van der Waals surface area (Å²) in [5, 5.41) is 297. The molecule has 128 heavy (non-hydrogen) atoms. The molecule has 10 aliphatic rings. The highest BCUT2D eigenvalue weighted by molar-refractivity contribution is 5.75. The van der Waals surface area contributed by atoms with E-state index in [1.54, 1.807) is 0 Å². The summed E-state index contributed by atoms with van der Waals surface area (Å²) >= 11 is 0. The predicted molar refractivity (Wildman–Crippen MR) is 398 cm³/mol. The number of amides is 6. The average Bonchev–Trinajstić information content (AvgIpc) is 0.760. The molecule has 50 atom stereocenters. The molecule has 1 unspecified atom stereocenters. The third-order valence-electron chi connectivity index (χ3n) is 23.2. The SMILES string of the molecule is CC(=O)N[C@@H]1[C@@H](O)[C@H](O[C@@H]2O[C@H](CO)[C@@H](O[C@@H]3O[C@H](CO[C@H]4O[C@H](CO)[C@@H](O)[C@H](O)[C@@H]4O[C@@H]4O[C@H](CO)[C@@H](O[C@@H]5O[C@H](CO)[C@H](O)[C@H](O)[C@H]5NC(C)=O)[C@H](O)[C@H]4NC(C)=O)[C@@H](O)[C@H](O[C@H]4O[C@H](CO)[C@@H](O)[C@H](O)[C@@H]4O[C@@H]4O[C@H](CO)[C@@H](O[C@@H]5O[C@H](CO)[C@H](O)[C@H](O)[C@H]5NC(C)=O)[C@H](O)[C@H]4NC(C)=O)[C@@H]3O)[C@H](O)[C@H]2NC(C)=O)[C@@H](COC2O[C@@H](C)[C@@H](O)[C@@H](O)[C@@H]2O)O[C@H]1O. The van der Waals surface area contributed by atoms with E-state index >= 15 is 0 Å². The van der Waals surface area contributed by atoms with E-state index in [0.717, 1.165) is 41.5 Å². The lowest BCUT2D eigenvalue weighted by Gasteiger charge is -2.51. The van der Waals surface area contributed by atoms with Crippen molar-refractivity contribution in [2.45, 2.75) is 355 Å². The maximum Gasteiger partial charge on any atom is 0.217 e. The van der Waals surface area contributed by atoms with Gasteiger partial charge in [0.1, 0.15) is 238 Å².